The minimum atomic E-state index is -0.280. The van der Waals surface area contributed by atoms with E-state index in [0.717, 1.165) is 22.0 Å². The van der Waals surface area contributed by atoms with Crippen molar-refractivity contribution in [3.63, 3.8) is 0 Å². The van der Waals surface area contributed by atoms with Crippen LogP contribution in [0.4, 0.5) is 0 Å². The Bertz CT molecular complexity index is 751. The topological polar surface area (TPSA) is 38.9 Å². The molecule has 0 amide bonds. The Kier molecular flexibility index (Phi) is 3.62. The molecule has 0 fully saturated rings. The zero-order chi connectivity index (χ0) is 14.1. The highest BCUT2D eigenvalue weighted by Crippen LogP contribution is 2.27. The van der Waals surface area contributed by atoms with Crippen LogP contribution in [0, 0.1) is 0 Å². The molecular weight excluding hydrogens is 291 g/mol. The predicted molar refractivity (Wildman–Crippen MR) is 84.2 cm³/mol. The summed E-state index contributed by atoms with van der Waals surface area (Å²) >= 11 is 12.0. The minimum absolute atomic E-state index is 0.280. The molecule has 0 saturated carbocycles. The van der Waals surface area contributed by atoms with E-state index in [4.69, 9.17) is 28.9 Å². The molecular formula is C16H12Cl2N2. The van der Waals surface area contributed by atoms with Crippen LogP contribution in [0.5, 0.6) is 0 Å². The zero-order valence-corrected chi connectivity index (χ0v) is 12.1. The van der Waals surface area contributed by atoms with Gasteiger partial charge in [-0.05, 0) is 41.5 Å². The van der Waals surface area contributed by atoms with Crippen molar-refractivity contribution in [2.45, 2.75) is 6.04 Å². The maximum atomic E-state index is 6.30. The van der Waals surface area contributed by atoms with Crippen LogP contribution in [0.2, 0.25) is 10.0 Å². The highest BCUT2D eigenvalue weighted by atomic mass is 35.5. The molecule has 1 heterocycles. The number of hydrogen-bond acceptors (Lipinski definition) is 2. The van der Waals surface area contributed by atoms with Gasteiger partial charge in [-0.25, -0.2) is 0 Å². The molecule has 1 unspecified atom stereocenters. The van der Waals surface area contributed by atoms with Gasteiger partial charge in [0, 0.05) is 21.6 Å². The maximum absolute atomic E-state index is 6.30. The molecule has 3 rings (SSSR count). The van der Waals surface area contributed by atoms with Crippen molar-refractivity contribution in [1.82, 2.24) is 4.98 Å². The third-order valence-electron chi connectivity index (χ3n) is 3.23. The van der Waals surface area contributed by atoms with Gasteiger partial charge in [-0.15, -0.1) is 0 Å². The monoisotopic (exact) mass is 302 g/mol. The fourth-order valence-corrected chi connectivity index (χ4v) is 2.77. The molecule has 0 saturated heterocycles. The molecule has 2 N–H and O–H groups in total. The fourth-order valence-electron chi connectivity index (χ4n) is 2.22. The Balaban J connectivity index is 2.05. The first-order chi connectivity index (χ1) is 9.63. The second-order valence-electron chi connectivity index (χ2n) is 4.64. The smallest absolute Gasteiger partial charge is 0.0705 e. The van der Waals surface area contributed by atoms with E-state index in [1.807, 2.05) is 42.5 Å². The van der Waals surface area contributed by atoms with Crippen molar-refractivity contribution in [2.24, 2.45) is 5.73 Å². The van der Waals surface area contributed by atoms with Crippen LogP contribution in [0.25, 0.3) is 10.9 Å². The highest BCUT2D eigenvalue weighted by molar-refractivity contribution is 6.34. The van der Waals surface area contributed by atoms with Gasteiger partial charge in [-0.1, -0.05) is 41.4 Å². The first-order valence-corrected chi connectivity index (χ1v) is 6.95. The molecule has 0 radical (unpaired) electrons. The molecule has 4 heteroatoms. The summed E-state index contributed by atoms with van der Waals surface area (Å²) in [5.74, 6) is 0. The Hall–Kier alpha value is -1.61. The van der Waals surface area contributed by atoms with Crippen LogP contribution >= 0.6 is 23.2 Å². The van der Waals surface area contributed by atoms with Crippen LogP contribution < -0.4 is 5.73 Å². The van der Waals surface area contributed by atoms with Gasteiger partial charge in [-0.3, -0.25) is 4.98 Å². The molecule has 0 aliphatic heterocycles. The second-order valence-corrected chi connectivity index (χ2v) is 5.51. The van der Waals surface area contributed by atoms with Gasteiger partial charge in [0.2, 0.25) is 0 Å². The third kappa shape index (κ3) is 2.63. The molecule has 100 valence electrons. The molecule has 2 aromatic carbocycles. The van der Waals surface area contributed by atoms with Crippen molar-refractivity contribution in [2.75, 3.05) is 0 Å². The van der Waals surface area contributed by atoms with Gasteiger partial charge in [0.1, 0.15) is 0 Å². The molecule has 0 aliphatic carbocycles. The zero-order valence-electron chi connectivity index (χ0n) is 10.6. The molecule has 0 bridgehead atoms. The minimum Gasteiger partial charge on any atom is -0.320 e. The van der Waals surface area contributed by atoms with Crippen molar-refractivity contribution >= 4 is 34.1 Å². The maximum Gasteiger partial charge on any atom is 0.0705 e. The van der Waals surface area contributed by atoms with Gasteiger partial charge in [0.15, 0.2) is 0 Å². The van der Waals surface area contributed by atoms with Crippen LogP contribution in [0.15, 0.2) is 54.7 Å². The summed E-state index contributed by atoms with van der Waals surface area (Å²) < 4.78 is 0. The first kappa shape index (κ1) is 13.4. The number of halogens is 2. The van der Waals surface area contributed by atoms with Gasteiger partial charge < -0.3 is 5.73 Å². The van der Waals surface area contributed by atoms with E-state index in [2.05, 4.69) is 4.98 Å². The van der Waals surface area contributed by atoms with Crippen molar-refractivity contribution in [3.8, 4) is 0 Å². The van der Waals surface area contributed by atoms with Gasteiger partial charge in [0.25, 0.3) is 0 Å². The standard InChI is InChI=1S/C16H12Cl2N2/c17-13-6-12(7-14(18)9-13)16(19)11-4-3-10-2-1-5-20-15(10)8-11/h1-9,16H,19H2. The molecule has 20 heavy (non-hydrogen) atoms. The number of aromatic nitrogens is 1. The Morgan fingerprint density at radius 1 is 0.900 bits per heavy atom. The number of nitrogens with zero attached hydrogens (tertiary/aromatic N) is 1. The molecule has 1 aromatic heterocycles. The largest absolute Gasteiger partial charge is 0.320 e. The average Bonchev–Trinajstić information content (AvgIpc) is 2.45. The Morgan fingerprint density at radius 3 is 2.40 bits per heavy atom. The van der Waals surface area contributed by atoms with Crippen LogP contribution in [-0.2, 0) is 0 Å². The third-order valence-corrected chi connectivity index (χ3v) is 3.67. The van der Waals surface area contributed by atoms with Crippen LogP contribution in [-0.4, -0.2) is 4.98 Å². The second kappa shape index (κ2) is 5.41. The van der Waals surface area contributed by atoms with Gasteiger partial charge in [-0.2, -0.15) is 0 Å². The number of rotatable bonds is 2. The van der Waals surface area contributed by atoms with Crippen molar-refractivity contribution < 1.29 is 0 Å². The molecule has 1 atom stereocenters. The highest BCUT2D eigenvalue weighted by Gasteiger charge is 2.11. The van der Waals surface area contributed by atoms with E-state index in [1.54, 1.807) is 12.3 Å². The predicted octanol–water partition coefficient (Wildman–Crippen LogP) is 4.59. The summed E-state index contributed by atoms with van der Waals surface area (Å²) in [5.41, 5.74) is 9.09. The first-order valence-electron chi connectivity index (χ1n) is 6.20. The SMILES string of the molecule is NC(c1cc(Cl)cc(Cl)c1)c1ccc2cccnc2c1. The summed E-state index contributed by atoms with van der Waals surface area (Å²) in [5, 5.41) is 2.26. The van der Waals surface area contributed by atoms with Crippen LogP contribution in [0.3, 0.4) is 0 Å². The van der Waals surface area contributed by atoms with Crippen LogP contribution in [0.1, 0.15) is 17.2 Å². The molecule has 2 nitrogen and oxygen atoms in total. The quantitative estimate of drug-likeness (QED) is 0.752. The van der Waals surface area contributed by atoms with E-state index in [0.29, 0.717) is 10.0 Å². The Morgan fingerprint density at radius 2 is 1.65 bits per heavy atom. The van der Waals surface area contributed by atoms with Crippen molar-refractivity contribution in [3.05, 3.63) is 75.9 Å². The molecule has 3 aromatic rings. The van der Waals surface area contributed by atoms with E-state index >= 15 is 0 Å². The van der Waals surface area contributed by atoms with E-state index in [-0.39, 0.29) is 6.04 Å². The summed E-state index contributed by atoms with van der Waals surface area (Å²) in [6.45, 7) is 0. The normalized spacial score (nSPS) is 12.6. The fraction of sp³-hybridized carbons (Fsp3) is 0.0625. The number of hydrogen-bond donors (Lipinski definition) is 1. The number of nitrogens with two attached hydrogens (primary N) is 1. The van der Waals surface area contributed by atoms with Crippen molar-refractivity contribution in [1.29, 1.82) is 0 Å². The van der Waals surface area contributed by atoms with Gasteiger partial charge in [0.05, 0.1) is 11.6 Å². The van der Waals surface area contributed by atoms with E-state index in [1.165, 1.54) is 0 Å². The summed E-state index contributed by atoms with van der Waals surface area (Å²) in [4.78, 5) is 4.35. The Labute approximate surface area is 127 Å². The lowest BCUT2D eigenvalue weighted by Crippen LogP contribution is -2.11. The summed E-state index contributed by atoms with van der Waals surface area (Å²) in [7, 11) is 0. The molecule has 0 aliphatic rings. The molecule has 0 spiro atoms. The average molecular weight is 303 g/mol. The number of pyridine rings is 1. The number of benzene rings is 2. The lowest BCUT2D eigenvalue weighted by molar-refractivity contribution is 0.873. The lowest BCUT2D eigenvalue weighted by Gasteiger charge is -2.14. The van der Waals surface area contributed by atoms with Gasteiger partial charge >= 0.3 is 0 Å². The van der Waals surface area contributed by atoms with E-state index in [9.17, 15) is 0 Å². The van der Waals surface area contributed by atoms with E-state index < -0.39 is 0 Å². The summed E-state index contributed by atoms with van der Waals surface area (Å²) in [6.07, 6.45) is 1.77. The lowest BCUT2D eigenvalue weighted by atomic mass is 9.98. The number of fused-ring (bicyclic) bond motifs is 1. The summed E-state index contributed by atoms with van der Waals surface area (Å²) in [6, 6.07) is 15.0.